The first-order valence-electron chi connectivity index (χ1n) is 4.74. The van der Waals surface area contributed by atoms with E-state index in [4.69, 9.17) is 5.11 Å². The Kier molecular flexibility index (Phi) is 2.35. The second-order valence-corrected chi connectivity index (χ2v) is 3.81. The Hall–Kier alpha value is -1.95. The first-order valence-corrected chi connectivity index (χ1v) is 4.74. The Bertz CT molecular complexity index is 500. The van der Waals surface area contributed by atoms with E-state index in [-0.39, 0.29) is 6.42 Å². The highest BCUT2D eigenvalue weighted by Gasteiger charge is 2.31. The van der Waals surface area contributed by atoms with Crippen LogP contribution in [-0.2, 0) is 11.2 Å². The van der Waals surface area contributed by atoms with Crippen molar-refractivity contribution in [3.8, 4) is 0 Å². The molecule has 84 valence electrons. The molecule has 2 rings (SSSR count). The number of hydrogen-bond donors (Lipinski definition) is 2. The van der Waals surface area contributed by atoms with Crippen molar-refractivity contribution in [2.24, 2.45) is 0 Å². The zero-order valence-corrected chi connectivity index (χ0v) is 8.66. The highest BCUT2D eigenvalue weighted by atomic mass is 16.4. The van der Waals surface area contributed by atoms with Gasteiger partial charge in [0.05, 0.1) is 5.69 Å². The minimum absolute atomic E-state index is 0.0499. The summed E-state index contributed by atoms with van der Waals surface area (Å²) in [6, 6.07) is 3.37. The van der Waals surface area contributed by atoms with Crippen molar-refractivity contribution in [3.05, 3.63) is 30.2 Å². The second-order valence-electron chi connectivity index (χ2n) is 3.81. The summed E-state index contributed by atoms with van der Waals surface area (Å²) in [4.78, 5) is 14.8. The molecule has 0 radical (unpaired) electrons. The van der Waals surface area contributed by atoms with Gasteiger partial charge in [0.15, 0.2) is 11.2 Å². The van der Waals surface area contributed by atoms with Gasteiger partial charge in [-0.15, -0.1) is 0 Å². The zero-order valence-electron chi connectivity index (χ0n) is 8.66. The van der Waals surface area contributed by atoms with Crippen LogP contribution in [0.4, 0.5) is 0 Å². The van der Waals surface area contributed by atoms with Crippen LogP contribution in [0.2, 0.25) is 0 Å². The third-order valence-electron chi connectivity index (χ3n) is 2.27. The fraction of sp³-hybridized carbons (Fsp3) is 0.300. The van der Waals surface area contributed by atoms with E-state index < -0.39 is 11.6 Å². The quantitative estimate of drug-likeness (QED) is 0.767. The molecular weight excluding hydrogens is 210 g/mol. The monoisotopic (exact) mass is 221 g/mol. The van der Waals surface area contributed by atoms with Crippen LogP contribution in [-0.4, -0.2) is 36.4 Å². The minimum atomic E-state index is -1.81. The number of fused-ring (bicyclic) bond motifs is 1. The summed E-state index contributed by atoms with van der Waals surface area (Å²) in [6.45, 7) is 1.24. The molecule has 0 saturated carbocycles. The van der Waals surface area contributed by atoms with E-state index in [2.05, 4.69) is 10.1 Å². The van der Waals surface area contributed by atoms with E-state index in [9.17, 15) is 9.90 Å². The highest BCUT2D eigenvalue weighted by molar-refractivity contribution is 5.76. The van der Waals surface area contributed by atoms with E-state index in [0.29, 0.717) is 11.3 Å². The van der Waals surface area contributed by atoms with Crippen LogP contribution < -0.4 is 0 Å². The predicted octanol–water partition coefficient (Wildman–Crippen LogP) is 0.107. The molecule has 0 aliphatic heterocycles. The molecule has 0 spiro atoms. The first kappa shape index (κ1) is 10.6. The van der Waals surface area contributed by atoms with Crippen molar-refractivity contribution in [2.75, 3.05) is 0 Å². The normalized spacial score (nSPS) is 14.9. The predicted molar refractivity (Wildman–Crippen MR) is 55.0 cm³/mol. The Morgan fingerprint density at radius 3 is 3.00 bits per heavy atom. The third kappa shape index (κ3) is 1.87. The van der Waals surface area contributed by atoms with E-state index in [1.165, 1.54) is 11.4 Å². The molecule has 1 atom stereocenters. The highest BCUT2D eigenvalue weighted by Crippen LogP contribution is 2.13. The fourth-order valence-electron chi connectivity index (χ4n) is 1.39. The fourth-order valence-corrected chi connectivity index (χ4v) is 1.39. The summed E-state index contributed by atoms with van der Waals surface area (Å²) < 4.78 is 1.53. The van der Waals surface area contributed by atoms with Crippen LogP contribution >= 0.6 is 0 Å². The number of hydrogen-bond acceptors (Lipinski definition) is 4. The molecule has 6 heteroatoms. The van der Waals surface area contributed by atoms with Gasteiger partial charge in [-0.2, -0.15) is 5.10 Å². The van der Waals surface area contributed by atoms with Crippen LogP contribution in [0.15, 0.2) is 24.5 Å². The smallest absolute Gasteiger partial charge is 0.335 e. The summed E-state index contributed by atoms with van der Waals surface area (Å²) in [5.41, 5.74) is -0.692. The molecule has 0 amide bonds. The van der Waals surface area contributed by atoms with E-state index in [1.54, 1.807) is 24.5 Å². The van der Waals surface area contributed by atoms with Gasteiger partial charge < -0.3 is 10.2 Å². The maximum absolute atomic E-state index is 10.7. The molecule has 0 bridgehead atoms. The van der Waals surface area contributed by atoms with Crippen molar-refractivity contribution >= 4 is 11.6 Å². The topological polar surface area (TPSA) is 87.7 Å². The molecule has 16 heavy (non-hydrogen) atoms. The summed E-state index contributed by atoms with van der Waals surface area (Å²) in [6.07, 6.45) is 3.28. The average molecular weight is 221 g/mol. The maximum Gasteiger partial charge on any atom is 0.335 e. The number of rotatable bonds is 3. The Balaban J connectivity index is 2.32. The molecule has 2 heterocycles. The van der Waals surface area contributed by atoms with Gasteiger partial charge in [0.2, 0.25) is 0 Å². The standard InChI is InChI=1S/C10H11N3O3/c1-10(16,9(14)15)6-7-5-8-11-3-2-4-13(8)12-7/h2-5,16H,6H2,1H3,(H,14,15). The van der Waals surface area contributed by atoms with E-state index >= 15 is 0 Å². The van der Waals surface area contributed by atoms with Crippen molar-refractivity contribution in [2.45, 2.75) is 18.9 Å². The number of carbonyl (C=O) groups is 1. The Morgan fingerprint density at radius 2 is 2.38 bits per heavy atom. The first-order chi connectivity index (χ1) is 7.49. The number of carboxylic acids is 1. The van der Waals surface area contributed by atoms with Crippen LogP contribution in [0.5, 0.6) is 0 Å². The minimum Gasteiger partial charge on any atom is -0.479 e. The molecule has 0 aliphatic carbocycles. The van der Waals surface area contributed by atoms with Gasteiger partial charge >= 0.3 is 5.97 Å². The lowest BCUT2D eigenvalue weighted by Gasteiger charge is -2.15. The second kappa shape index (κ2) is 3.57. The van der Waals surface area contributed by atoms with Crippen molar-refractivity contribution in [1.29, 1.82) is 0 Å². The van der Waals surface area contributed by atoms with Crippen molar-refractivity contribution in [1.82, 2.24) is 14.6 Å². The van der Waals surface area contributed by atoms with Crippen molar-refractivity contribution < 1.29 is 15.0 Å². The molecular formula is C10H11N3O3. The molecule has 2 aromatic rings. The summed E-state index contributed by atoms with van der Waals surface area (Å²) in [5.74, 6) is -1.27. The molecule has 0 fully saturated rings. The lowest BCUT2D eigenvalue weighted by atomic mass is 10.0. The molecule has 1 unspecified atom stereocenters. The number of carboxylic acid groups (broad SMARTS) is 1. The lowest BCUT2D eigenvalue weighted by Crippen LogP contribution is -2.37. The average Bonchev–Trinajstić information content (AvgIpc) is 2.58. The summed E-state index contributed by atoms with van der Waals surface area (Å²) >= 11 is 0. The van der Waals surface area contributed by atoms with Crippen LogP contribution in [0.1, 0.15) is 12.6 Å². The van der Waals surface area contributed by atoms with Gasteiger partial charge in [-0.05, 0) is 13.0 Å². The van der Waals surface area contributed by atoms with Crippen LogP contribution in [0.3, 0.4) is 0 Å². The van der Waals surface area contributed by atoms with Gasteiger partial charge in [0.1, 0.15) is 0 Å². The number of aliphatic hydroxyl groups is 1. The van der Waals surface area contributed by atoms with E-state index in [0.717, 1.165) is 0 Å². The van der Waals surface area contributed by atoms with Gasteiger partial charge in [-0.3, -0.25) is 0 Å². The Morgan fingerprint density at radius 1 is 1.62 bits per heavy atom. The largest absolute Gasteiger partial charge is 0.479 e. The van der Waals surface area contributed by atoms with E-state index in [1.807, 2.05) is 0 Å². The lowest BCUT2D eigenvalue weighted by molar-refractivity contribution is -0.156. The molecule has 0 aliphatic rings. The van der Waals surface area contributed by atoms with Gasteiger partial charge in [0.25, 0.3) is 0 Å². The van der Waals surface area contributed by atoms with Crippen molar-refractivity contribution in [3.63, 3.8) is 0 Å². The summed E-state index contributed by atoms with van der Waals surface area (Å²) in [5, 5.41) is 22.5. The van der Waals surface area contributed by atoms with Gasteiger partial charge in [-0.1, -0.05) is 0 Å². The van der Waals surface area contributed by atoms with Crippen LogP contribution in [0, 0.1) is 0 Å². The number of aromatic nitrogens is 3. The Labute approximate surface area is 91.2 Å². The molecule has 0 saturated heterocycles. The molecule has 6 nitrogen and oxygen atoms in total. The van der Waals surface area contributed by atoms with Gasteiger partial charge in [-0.25, -0.2) is 14.3 Å². The summed E-state index contributed by atoms with van der Waals surface area (Å²) in [7, 11) is 0. The zero-order chi connectivity index (χ0) is 11.8. The SMILES string of the molecule is CC(O)(Cc1cc2ncccn2n1)C(=O)O. The number of nitrogens with zero attached hydrogens (tertiary/aromatic N) is 3. The van der Waals surface area contributed by atoms with Gasteiger partial charge in [0, 0.05) is 24.9 Å². The number of aliphatic carboxylic acids is 1. The third-order valence-corrected chi connectivity index (χ3v) is 2.27. The maximum atomic E-state index is 10.7. The molecule has 0 aromatic carbocycles. The van der Waals surface area contributed by atoms with Crippen LogP contribution in [0.25, 0.3) is 5.65 Å². The molecule has 2 aromatic heterocycles. The molecule has 2 N–H and O–H groups in total.